The van der Waals surface area contributed by atoms with Gasteiger partial charge < -0.3 is 8.97 Å². The number of aryl methyl sites for hydroxylation is 1. The lowest BCUT2D eigenvalue weighted by atomic mass is 10.1. The number of fused-ring (bicyclic) bond motifs is 4. The Morgan fingerprint density at radius 3 is 2.14 bits per heavy atom. The van der Waals surface area contributed by atoms with E-state index in [0.717, 1.165) is 22.6 Å². The zero-order chi connectivity index (χ0) is 19.4. The van der Waals surface area contributed by atoms with E-state index in [1.807, 2.05) is 24.4 Å². The van der Waals surface area contributed by atoms with Crippen molar-refractivity contribution in [2.75, 3.05) is 0 Å². The minimum absolute atomic E-state index is 0.961. The zero-order valence-electron chi connectivity index (χ0n) is 16.1. The first-order chi connectivity index (χ1) is 14.3. The normalized spacial score (nSPS) is 11.6. The Labute approximate surface area is 168 Å². The predicted molar refractivity (Wildman–Crippen MR) is 120 cm³/mol. The first-order valence-corrected chi connectivity index (χ1v) is 9.82. The van der Waals surface area contributed by atoms with Crippen LogP contribution in [0.1, 0.15) is 5.56 Å². The van der Waals surface area contributed by atoms with E-state index in [-0.39, 0.29) is 0 Å². The lowest BCUT2D eigenvalue weighted by molar-refractivity contribution is 1.17. The highest BCUT2D eigenvalue weighted by Gasteiger charge is 2.13. The van der Waals surface area contributed by atoms with Crippen LogP contribution >= 0.6 is 0 Å². The first-order valence-electron chi connectivity index (χ1n) is 9.82. The summed E-state index contributed by atoms with van der Waals surface area (Å²) < 4.78 is 4.43. The summed E-state index contributed by atoms with van der Waals surface area (Å²) in [6.07, 6.45) is 4.13. The van der Waals surface area contributed by atoms with Crippen molar-refractivity contribution in [3.63, 3.8) is 0 Å². The van der Waals surface area contributed by atoms with Crippen molar-refractivity contribution in [1.29, 1.82) is 0 Å². The molecule has 6 rings (SSSR count). The van der Waals surface area contributed by atoms with Crippen LogP contribution in [-0.4, -0.2) is 14.0 Å². The highest BCUT2D eigenvalue weighted by Crippen LogP contribution is 2.33. The number of hydrogen-bond acceptors (Lipinski definition) is 1. The van der Waals surface area contributed by atoms with Gasteiger partial charge in [0, 0.05) is 34.4 Å². The molecule has 3 aromatic carbocycles. The molecule has 0 radical (unpaired) electrons. The Bertz CT molecular complexity index is 1430. The van der Waals surface area contributed by atoms with Crippen molar-refractivity contribution < 1.29 is 0 Å². The van der Waals surface area contributed by atoms with Crippen LogP contribution in [0.5, 0.6) is 0 Å². The van der Waals surface area contributed by atoms with Crippen molar-refractivity contribution in [3.8, 4) is 16.9 Å². The van der Waals surface area contributed by atoms with Crippen LogP contribution in [0.2, 0.25) is 0 Å². The molecule has 0 aliphatic heterocycles. The SMILES string of the molecule is Cc1cc(-c2cn3ccccc3n2)cc(-n2c3ccccc3c3ccccc32)c1. The third-order valence-electron chi connectivity index (χ3n) is 5.56. The van der Waals surface area contributed by atoms with Crippen LogP contribution in [0.15, 0.2) is 97.3 Å². The molecule has 0 atom stereocenters. The van der Waals surface area contributed by atoms with E-state index in [0.29, 0.717) is 0 Å². The molecule has 0 saturated heterocycles. The van der Waals surface area contributed by atoms with Gasteiger partial charge in [0.15, 0.2) is 0 Å². The van der Waals surface area contributed by atoms with Gasteiger partial charge in [0.25, 0.3) is 0 Å². The smallest absolute Gasteiger partial charge is 0.137 e. The first kappa shape index (κ1) is 16.1. The molecular weight excluding hydrogens is 354 g/mol. The van der Waals surface area contributed by atoms with Gasteiger partial charge in [-0.2, -0.15) is 0 Å². The molecule has 3 heterocycles. The maximum atomic E-state index is 4.82. The molecule has 29 heavy (non-hydrogen) atoms. The number of rotatable bonds is 2. The van der Waals surface area contributed by atoms with Gasteiger partial charge in [0.05, 0.1) is 16.7 Å². The minimum atomic E-state index is 0.961. The molecule has 0 spiro atoms. The number of nitrogens with zero attached hydrogens (tertiary/aromatic N) is 3. The molecule has 0 amide bonds. The molecule has 138 valence electrons. The zero-order valence-corrected chi connectivity index (χ0v) is 16.1. The highest BCUT2D eigenvalue weighted by molar-refractivity contribution is 6.09. The standard InChI is InChI=1S/C26H19N3/c1-18-14-19(23-17-28-13-7-6-12-26(28)27-23)16-20(15-18)29-24-10-4-2-8-21(24)22-9-3-5-11-25(22)29/h2-17H,1H3. The van der Waals surface area contributed by atoms with E-state index in [1.54, 1.807) is 0 Å². The monoisotopic (exact) mass is 373 g/mol. The molecule has 0 aliphatic rings. The second-order valence-electron chi connectivity index (χ2n) is 7.52. The Kier molecular flexibility index (Phi) is 3.38. The number of pyridine rings is 1. The van der Waals surface area contributed by atoms with Crippen molar-refractivity contribution in [3.05, 3.63) is 103 Å². The summed E-state index contributed by atoms with van der Waals surface area (Å²) in [5.74, 6) is 0. The Hall–Kier alpha value is -3.85. The Balaban J connectivity index is 1.64. The fourth-order valence-corrected chi connectivity index (χ4v) is 4.31. The summed E-state index contributed by atoms with van der Waals surface area (Å²) in [7, 11) is 0. The second kappa shape index (κ2) is 6.08. The van der Waals surface area contributed by atoms with Gasteiger partial charge in [0.2, 0.25) is 0 Å². The van der Waals surface area contributed by atoms with Gasteiger partial charge >= 0.3 is 0 Å². The van der Waals surface area contributed by atoms with Crippen LogP contribution in [0.25, 0.3) is 44.4 Å². The predicted octanol–water partition coefficient (Wildman–Crippen LogP) is 6.41. The second-order valence-corrected chi connectivity index (χ2v) is 7.52. The summed E-state index contributed by atoms with van der Waals surface area (Å²) in [6.45, 7) is 2.15. The quantitative estimate of drug-likeness (QED) is 0.344. The van der Waals surface area contributed by atoms with Crippen LogP contribution in [-0.2, 0) is 0 Å². The van der Waals surface area contributed by atoms with Gasteiger partial charge in [-0.1, -0.05) is 42.5 Å². The molecule has 0 N–H and O–H groups in total. The number of benzene rings is 3. The highest BCUT2D eigenvalue weighted by atomic mass is 15.0. The van der Waals surface area contributed by atoms with Gasteiger partial charge in [-0.25, -0.2) is 4.98 Å². The van der Waals surface area contributed by atoms with Crippen LogP contribution < -0.4 is 0 Å². The third kappa shape index (κ3) is 2.48. The average molecular weight is 373 g/mol. The maximum Gasteiger partial charge on any atom is 0.137 e. The third-order valence-corrected chi connectivity index (χ3v) is 5.56. The molecule has 0 bridgehead atoms. The van der Waals surface area contributed by atoms with Gasteiger partial charge in [-0.15, -0.1) is 0 Å². The summed E-state index contributed by atoms with van der Waals surface area (Å²) in [5, 5.41) is 2.55. The molecule has 6 aromatic rings. The molecule has 3 nitrogen and oxygen atoms in total. The Morgan fingerprint density at radius 1 is 0.724 bits per heavy atom. The van der Waals surface area contributed by atoms with Crippen LogP contribution in [0, 0.1) is 6.92 Å². The van der Waals surface area contributed by atoms with E-state index in [4.69, 9.17) is 4.98 Å². The number of imidazole rings is 1. The minimum Gasteiger partial charge on any atom is -0.309 e. The summed E-state index contributed by atoms with van der Waals surface area (Å²) in [4.78, 5) is 4.82. The molecule has 3 aromatic heterocycles. The lowest BCUT2D eigenvalue weighted by Gasteiger charge is -2.11. The number of para-hydroxylation sites is 2. The Morgan fingerprint density at radius 2 is 1.41 bits per heavy atom. The molecule has 0 aliphatic carbocycles. The summed E-state index contributed by atoms with van der Waals surface area (Å²) in [5.41, 5.74) is 7.90. The van der Waals surface area contributed by atoms with E-state index >= 15 is 0 Å². The molecule has 0 unspecified atom stereocenters. The van der Waals surface area contributed by atoms with Crippen molar-refractivity contribution in [2.24, 2.45) is 0 Å². The molecule has 0 fully saturated rings. The van der Waals surface area contributed by atoms with Gasteiger partial charge in [0.1, 0.15) is 5.65 Å². The number of aromatic nitrogens is 3. The van der Waals surface area contributed by atoms with E-state index in [1.165, 1.54) is 27.4 Å². The van der Waals surface area contributed by atoms with Crippen molar-refractivity contribution in [2.45, 2.75) is 6.92 Å². The lowest BCUT2D eigenvalue weighted by Crippen LogP contribution is -1.95. The average Bonchev–Trinajstić information content (AvgIpc) is 3.33. The fraction of sp³-hybridized carbons (Fsp3) is 0.0385. The van der Waals surface area contributed by atoms with Crippen LogP contribution in [0.3, 0.4) is 0 Å². The van der Waals surface area contributed by atoms with Gasteiger partial charge in [-0.05, 0) is 55.0 Å². The topological polar surface area (TPSA) is 22.2 Å². The molecule has 3 heteroatoms. The van der Waals surface area contributed by atoms with Crippen LogP contribution in [0.4, 0.5) is 0 Å². The van der Waals surface area contributed by atoms with E-state index in [2.05, 4.69) is 88.8 Å². The van der Waals surface area contributed by atoms with Crippen molar-refractivity contribution >= 4 is 27.5 Å². The number of hydrogen-bond donors (Lipinski definition) is 0. The van der Waals surface area contributed by atoms with Gasteiger partial charge in [-0.3, -0.25) is 0 Å². The van der Waals surface area contributed by atoms with E-state index < -0.39 is 0 Å². The summed E-state index contributed by atoms with van der Waals surface area (Å²) in [6, 6.07) is 30.0. The molecular formula is C26H19N3. The van der Waals surface area contributed by atoms with E-state index in [9.17, 15) is 0 Å². The molecule has 0 saturated carbocycles. The van der Waals surface area contributed by atoms with Crippen molar-refractivity contribution in [1.82, 2.24) is 14.0 Å². The maximum absolute atomic E-state index is 4.82. The largest absolute Gasteiger partial charge is 0.309 e. The fourth-order valence-electron chi connectivity index (χ4n) is 4.31. The summed E-state index contributed by atoms with van der Waals surface area (Å²) >= 11 is 0.